The van der Waals surface area contributed by atoms with Crippen LogP contribution in [0.25, 0.3) is 11.2 Å². The number of hydrogen-bond donors (Lipinski definition) is 4. The lowest BCUT2D eigenvalue weighted by molar-refractivity contribution is -0.143. The lowest BCUT2D eigenvalue weighted by Crippen LogP contribution is -2.36. The van der Waals surface area contributed by atoms with Crippen LogP contribution in [0.4, 0.5) is 5.82 Å². The van der Waals surface area contributed by atoms with Gasteiger partial charge in [0.1, 0.15) is 31.4 Å². The molecule has 0 bridgehead atoms. The molecule has 0 spiro atoms. The Morgan fingerprint density at radius 1 is 0.833 bits per heavy atom. The minimum Gasteiger partial charge on any atom is -0.394 e. The summed E-state index contributed by atoms with van der Waals surface area (Å²) in [4.78, 5) is 37.8. The molecule has 1 aliphatic heterocycles. The first-order valence-electron chi connectivity index (χ1n) is 20.1. The van der Waals surface area contributed by atoms with Gasteiger partial charge in [-0.15, -0.1) is 0 Å². The van der Waals surface area contributed by atoms with E-state index in [2.05, 4.69) is 32.5 Å². The van der Waals surface area contributed by atoms with Gasteiger partial charge in [-0.25, -0.2) is 15.0 Å². The van der Waals surface area contributed by atoms with E-state index in [9.17, 15) is 19.8 Å². The van der Waals surface area contributed by atoms with Crippen molar-refractivity contribution in [1.29, 1.82) is 0 Å². The standard InChI is InChI=1S/C40H62N6O8/c1-2-3-4-5-6-7-8-9-10-11-12-13-14-15-19-22-33(48)41-23-24-51-25-26-52-30-53-36-35(49)32(27-47)54-40(36)46-29-44-34-37(42-28-43-38(34)46)45-39(50)31-20-17-16-18-21-31/h16-18,20-21,28-29,32,35-36,40,47,49H,2-15,19,22-27,30H2,1H3,(H,41,48)(H,42,43,45,50)/t32-,35?,36?,40-/m1/s1. The highest BCUT2D eigenvalue weighted by Gasteiger charge is 2.46. The molecule has 1 aliphatic rings. The number of ether oxygens (including phenoxy) is 4. The van der Waals surface area contributed by atoms with Crippen molar-refractivity contribution in [1.82, 2.24) is 24.8 Å². The first-order valence-corrected chi connectivity index (χ1v) is 20.1. The number of aliphatic hydroxyl groups excluding tert-OH is 2. The number of amides is 2. The van der Waals surface area contributed by atoms with Crippen LogP contribution in [0.1, 0.15) is 126 Å². The van der Waals surface area contributed by atoms with Crippen LogP contribution in [0.15, 0.2) is 43.0 Å². The van der Waals surface area contributed by atoms with Crippen molar-refractivity contribution in [3.05, 3.63) is 48.5 Å². The fraction of sp³-hybridized carbons (Fsp3) is 0.675. The van der Waals surface area contributed by atoms with Gasteiger partial charge in [0, 0.05) is 18.5 Å². The quantitative estimate of drug-likeness (QED) is 0.0477. The Balaban J connectivity index is 1.04. The van der Waals surface area contributed by atoms with Crippen molar-refractivity contribution in [2.75, 3.05) is 45.1 Å². The zero-order valence-electron chi connectivity index (χ0n) is 32.0. The van der Waals surface area contributed by atoms with Gasteiger partial charge in [-0.05, 0) is 18.6 Å². The van der Waals surface area contributed by atoms with E-state index in [0.29, 0.717) is 42.9 Å². The smallest absolute Gasteiger partial charge is 0.256 e. The van der Waals surface area contributed by atoms with E-state index in [1.807, 2.05) is 6.07 Å². The van der Waals surface area contributed by atoms with Crippen LogP contribution in [0, 0.1) is 0 Å². The summed E-state index contributed by atoms with van der Waals surface area (Å²) in [5.41, 5.74) is 1.12. The highest BCUT2D eigenvalue weighted by atomic mass is 16.7. The van der Waals surface area contributed by atoms with Crippen LogP contribution in [0.3, 0.4) is 0 Å². The SMILES string of the molecule is CCCCCCCCCCCCCCCCCC(=O)NCCOCCOCOC1C(O)[C@@H](CO)O[C@H]1n1cnc2c(NC(=O)c3ccccc3)ncnc21. The molecule has 14 nitrogen and oxygen atoms in total. The molecule has 4 N–H and O–H groups in total. The van der Waals surface area contributed by atoms with Gasteiger partial charge in [0.15, 0.2) is 23.2 Å². The Kier molecular flexibility index (Phi) is 20.4. The van der Waals surface area contributed by atoms with Crippen LogP contribution in [-0.2, 0) is 23.7 Å². The number of fused-ring (bicyclic) bond motifs is 1. The summed E-state index contributed by atoms with van der Waals surface area (Å²) in [6.45, 7) is 3.00. The molecule has 4 atom stereocenters. The summed E-state index contributed by atoms with van der Waals surface area (Å²) in [5.74, 6) is -0.0857. The molecular weight excluding hydrogens is 692 g/mol. The number of imidazole rings is 1. The van der Waals surface area contributed by atoms with Gasteiger partial charge < -0.3 is 39.8 Å². The third-order valence-corrected chi connectivity index (χ3v) is 9.69. The lowest BCUT2D eigenvalue weighted by atomic mass is 10.0. The van der Waals surface area contributed by atoms with Gasteiger partial charge in [0.2, 0.25) is 5.91 Å². The summed E-state index contributed by atoms with van der Waals surface area (Å²) in [6.07, 6.45) is 18.9. The molecule has 2 amide bonds. The van der Waals surface area contributed by atoms with Gasteiger partial charge >= 0.3 is 0 Å². The molecule has 1 saturated heterocycles. The van der Waals surface area contributed by atoms with Crippen molar-refractivity contribution in [3.8, 4) is 0 Å². The minimum absolute atomic E-state index is 0.0521. The van der Waals surface area contributed by atoms with E-state index in [1.54, 1.807) is 28.8 Å². The average molecular weight is 755 g/mol. The summed E-state index contributed by atoms with van der Waals surface area (Å²) >= 11 is 0. The van der Waals surface area contributed by atoms with Gasteiger partial charge in [0.25, 0.3) is 5.91 Å². The minimum atomic E-state index is -1.16. The Morgan fingerprint density at radius 2 is 1.48 bits per heavy atom. The molecule has 2 aromatic heterocycles. The third-order valence-electron chi connectivity index (χ3n) is 9.69. The maximum Gasteiger partial charge on any atom is 0.256 e. The number of benzene rings is 1. The summed E-state index contributed by atoms with van der Waals surface area (Å²) in [5, 5.41) is 26.3. The molecule has 3 aromatic rings. The zero-order valence-corrected chi connectivity index (χ0v) is 32.0. The number of anilines is 1. The fourth-order valence-electron chi connectivity index (χ4n) is 6.59. The van der Waals surface area contributed by atoms with Gasteiger partial charge in [-0.2, -0.15) is 0 Å². The van der Waals surface area contributed by atoms with Gasteiger partial charge in [-0.3, -0.25) is 14.2 Å². The number of nitrogens with zero attached hydrogens (tertiary/aromatic N) is 4. The van der Waals surface area contributed by atoms with E-state index in [0.717, 1.165) is 12.8 Å². The topological polar surface area (TPSA) is 179 Å². The van der Waals surface area contributed by atoms with Crippen LogP contribution in [0.5, 0.6) is 0 Å². The van der Waals surface area contributed by atoms with Crippen molar-refractivity contribution in [3.63, 3.8) is 0 Å². The predicted octanol–water partition coefficient (Wildman–Crippen LogP) is 6.08. The van der Waals surface area contributed by atoms with Crippen molar-refractivity contribution >= 4 is 28.8 Å². The van der Waals surface area contributed by atoms with Crippen molar-refractivity contribution in [2.45, 2.75) is 134 Å². The molecule has 3 heterocycles. The maximum atomic E-state index is 12.7. The zero-order chi connectivity index (χ0) is 38.2. The number of rotatable bonds is 29. The lowest BCUT2D eigenvalue weighted by Gasteiger charge is -2.22. The monoisotopic (exact) mass is 754 g/mol. The predicted molar refractivity (Wildman–Crippen MR) is 206 cm³/mol. The number of hydrogen-bond acceptors (Lipinski definition) is 11. The number of aromatic nitrogens is 4. The highest BCUT2D eigenvalue weighted by Crippen LogP contribution is 2.34. The molecule has 300 valence electrons. The maximum absolute atomic E-state index is 12.7. The normalized spacial score (nSPS) is 18.4. The largest absolute Gasteiger partial charge is 0.394 e. The Bertz CT molecular complexity index is 1480. The third kappa shape index (κ3) is 14.6. The molecule has 0 radical (unpaired) electrons. The highest BCUT2D eigenvalue weighted by molar-refractivity contribution is 6.06. The molecule has 1 fully saturated rings. The second-order valence-corrected chi connectivity index (χ2v) is 13.9. The Morgan fingerprint density at radius 3 is 2.15 bits per heavy atom. The molecule has 0 saturated carbocycles. The fourth-order valence-corrected chi connectivity index (χ4v) is 6.59. The molecule has 1 aromatic carbocycles. The molecule has 14 heteroatoms. The van der Waals surface area contributed by atoms with E-state index >= 15 is 0 Å². The molecule has 54 heavy (non-hydrogen) atoms. The average Bonchev–Trinajstić information content (AvgIpc) is 3.76. The van der Waals surface area contributed by atoms with E-state index in [-0.39, 0.29) is 31.0 Å². The molecule has 0 aliphatic carbocycles. The number of carbonyl (C=O) groups excluding carboxylic acids is 2. The first kappa shape index (κ1) is 43.2. The summed E-state index contributed by atoms with van der Waals surface area (Å²) in [6, 6.07) is 8.73. The van der Waals surface area contributed by atoms with E-state index < -0.39 is 31.1 Å². The van der Waals surface area contributed by atoms with Crippen LogP contribution in [-0.4, -0.2) is 99.6 Å². The van der Waals surface area contributed by atoms with Crippen molar-refractivity contribution in [2.24, 2.45) is 0 Å². The number of carbonyl (C=O) groups is 2. The van der Waals surface area contributed by atoms with Crippen LogP contribution < -0.4 is 10.6 Å². The van der Waals surface area contributed by atoms with E-state index in [1.165, 1.54) is 96.1 Å². The summed E-state index contributed by atoms with van der Waals surface area (Å²) in [7, 11) is 0. The molecular formula is C40H62N6O8. The van der Waals surface area contributed by atoms with Crippen LogP contribution in [0.2, 0.25) is 0 Å². The first-order chi connectivity index (χ1) is 26.5. The second kappa shape index (κ2) is 25.5. The number of unbranched alkanes of at least 4 members (excludes halogenated alkanes) is 14. The van der Waals surface area contributed by atoms with Crippen molar-refractivity contribution < 1.29 is 38.7 Å². The van der Waals surface area contributed by atoms with Gasteiger partial charge in [0.05, 0.1) is 32.8 Å². The Hall–Kier alpha value is -3.53. The summed E-state index contributed by atoms with van der Waals surface area (Å²) < 4.78 is 24.5. The van der Waals surface area contributed by atoms with E-state index in [4.69, 9.17) is 18.9 Å². The van der Waals surface area contributed by atoms with Gasteiger partial charge in [-0.1, -0.05) is 115 Å². The Labute approximate surface area is 319 Å². The molecule has 2 unspecified atom stereocenters. The molecule has 4 rings (SSSR count). The second-order valence-electron chi connectivity index (χ2n) is 13.9. The number of aliphatic hydroxyl groups is 2. The number of nitrogens with one attached hydrogen (secondary N) is 2. The van der Waals surface area contributed by atoms with Crippen LogP contribution >= 0.6 is 0 Å².